The maximum atomic E-state index is 13.0. The van der Waals surface area contributed by atoms with E-state index in [1.54, 1.807) is 42.6 Å². The molecule has 6 nitrogen and oxygen atoms in total. The van der Waals surface area contributed by atoms with Gasteiger partial charge in [-0.2, -0.15) is 4.31 Å². The Hall–Kier alpha value is -2.25. The molecular formula is C19H23N3O3S. The maximum absolute atomic E-state index is 13.0. The van der Waals surface area contributed by atoms with Gasteiger partial charge in [-0.05, 0) is 43.5 Å². The van der Waals surface area contributed by atoms with Crippen molar-refractivity contribution in [2.24, 2.45) is 0 Å². The number of nitrogens with one attached hydrogen (secondary N) is 1. The second kappa shape index (κ2) is 7.97. The van der Waals surface area contributed by atoms with Gasteiger partial charge >= 0.3 is 0 Å². The maximum Gasteiger partial charge on any atom is 0.243 e. The van der Waals surface area contributed by atoms with Crippen LogP contribution in [0.1, 0.15) is 31.2 Å². The molecule has 1 saturated heterocycles. The molecule has 1 aromatic heterocycles. The van der Waals surface area contributed by atoms with Crippen molar-refractivity contribution in [3.05, 3.63) is 54.2 Å². The summed E-state index contributed by atoms with van der Waals surface area (Å²) >= 11 is 0. The van der Waals surface area contributed by atoms with Crippen LogP contribution in [0, 0.1) is 6.92 Å². The van der Waals surface area contributed by atoms with Gasteiger partial charge in [0, 0.05) is 25.2 Å². The molecule has 2 aromatic rings. The van der Waals surface area contributed by atoms with E-state index in [9.17, 15) is 13.2 Å². The molecular weight excluding hydrogens is 350 g/mol. The number of benzene rings is 1. The number of nitrogens with zero attached hydrogens (tertiary/aromatic N) is 2. The average molecular weight is 373 g/mol. The summed E-state index contributed by atoms with van der Waals surface area (Å²) in [5, 5.41) is 2.76. The fraction of sp³-hybridized carbons (Fsp3) is 0.368. The summed E-state index contributed by atoms with van der Waals surface area (Å²) in [6.45, 7) is 2.37. The van der Waals surface area contributed by atoms with Crippen LogP contribution >= 0.6 is 0 Å². The summed E-state index contributed by atoms with van der Waals surface area (Å²) in [6.07, 6.45) is 4.22. The van der Waals surface area contributed by atoms with E-state index < -0.39 is 10.0 Å². The number of aryl methyl sites for hydroxylation is 1. The number of pyridine rings is 1. The molecule has 1 aromatic carbocycles. The van der Waals surface area contributed by atoms with E-state index >= 15 is 0 Å². The number of carbonyl (C=O) groups excluding carboxylic acids is 1. The minimum absolute atomic E-state index is 0.127. The molecule has 0 saturated carbocycles. The highest BCUT2D eigenvalue weighted by Gasteiger charge is 2.34. The Kier molecular flexibility index (Phi) is 5.68. The van der Waals surface area contributed by atoms with Crippen molar-refractivity contribution in [1.82, 2.24) is 9.29 Å². The van der Waals surface area contributed by atoms with Gasteiger partial charge in [-0.15, -0.1) is 0 Å². The first-order valence-electron chi connectivity index (χ1n) is 8.76. The van der Waals surface area contributed by atoms with Gasteiger partial charge in [0.25, 0.3) is 0 Å². The predicted octanol–water partition coefficient (Wildman–Crippen LogP) is 2.96. The Morgan fingerprint density at radius 3 is 2.65 bits per heavy atom. The quantitative estimate of drug-likeness (QED) is 0.874. The van der Waals surface area contributed by atoms with Crippen molar-refractivity contribution in [2.75, 3.05) is 11.9 Å². The van der Waals surface area contributed by atoms with Crippen LogP contribution in [-0.2, 0) is 14.8 Å². The van der Waals surface area contributed by atoms with Crippen LogP contribution < -0.4 is 5.32 Å². The second-order valence-corrected chi connectivity index (χ2v) is 8.44. The van der Waals surface area contributed by atoms with Crippen LogP contribution in [0.4, 0.5) is 5.82 Å². The first-order chi connectivity index (χ1) is 12.5. The molecule has 1 fully saturated rings. The summed E-state index contributed by atoms with van der Waals surface area (Å²) in [5.74, 6) is 0.260. The zero-order valence-corrected chi connectivity index (χ0v) is 15.6. The molecule has 1 aliphatic heterocycles. The van der Waals surface area contributed by atoms with Crippen molar-refractivity contribution in [3.63, 3.8) is 0 Å². The summed E-state index contributed by atoms with van der Waals surface area (Å²) in [7, 11) is -3.60. The van der Waals surface area contributed by atoms with Gasteiger partial charge in [-0.1, -0.05) is 30.7 Å². The zero-order valence-electron chi connectivity index (χ0n) is 14.8. The number of aromatic nitrogens is 1. The van der Waals surface area contributed by atoms with Crippen LogP contribution in [0.5, 0.6) is 0 Å². The molecule has 7 heteroatoms. The average Bonchev–Trinajstić information content (AvgIpc) is 2.64. The van der Waals surface area contributed by atoms with E-state index in [0.29, 0.717) is 18.8 Å². The van der Waals surface area contributed by atoms with Gasteiger partial charge in [-0.3, -0.25) is 4.79 Å². The molecule has 26 heavy (non-hydrogen) atoms. The van der Waals surface area contributed by atoms with Crippen molar-refractivity contribution in [1.29, 1.82) is 0 Å². The fourth-order valence-electron chi connectivity index (χ4n) is 3.17. The van der Waals surface area contributed by atoms with Crippen molar-refractivity contribution in [3.8, 4) is 0 Å². The van der Waals surface area contributed by atoms with Crippen molar-refractivity contribution < 1.29 is 13.2 Å². The smallest absolute Gasteiger partial charge is 0.243 e. The van der Waals surface area contributed by atoms with Crippen molar-refractivity contribution >= 4 is 21.7 Å². The number of rotatable bonds is 5. The Bertz CT molecular complexity index is 851. The zero-order chi connectivity index (χ0) is 18.6. The van der Waals surface area contributed by atoms with E-state index in [1.807, 2.05) is 13.0 Å². The lowest BCUT2D eigenvalue weighted by Crippen LogP contribution is -2.45. The van der Waals surface area contributed by atoms with Crippen molar-refractivity contribution in [2.45, 2.75) is 43.5 Å². The molecule has 0 unspecified atom stereocenters. The van der Waals surface area contributed by atoms with Gasteiger partial charge in [0.05, 0.1) is 4.90 Å². The third kappa shape index (κ3) is 4.28. The minimum atomic E-state index is -3.60. The molecule has 0 radical (unpaired) electrons. The van der Waals surface area contributed by atoms with E-state index in [-0.39, 0.29) is 23.3 Å². The largest absolute Gasteiger partial charge is 0.311 e. The number of piperidine rings is 1. The van der Waals surface area contributed by atoms with E-state index in [2.05, 4.69) is 10.3 Å². The van der Waals surface area contributed by atoms with Crippen LogP contribution in [0.15, 0.2) is 53.6 Å². The van der Waals surface area contributed by atoms with E-state index in [1.165, 1.54) is 4.31 Å². The SMILES string of the molecule is Cc1ccc(NC(=O)C[C@@H]2CCCCN2S(=O)(=O)c2ccccc2)nc1. The van der Waals surface area contributed by atoms with Crippen LogP contribution in [0.3, 0.4) is 0 Å². The molecule has 1 N–H and O–H groups in total. The van der Waals surface area contributed by atoms with Gasteiger partial charge < -0.3 is 5.32 Å². The Morgan fingerprint density at radius 2 is 1.96 bits per heavy atom. The van der Waals surface area contributed by atoms with E-state index in [0.717, 1.165) is 18.4 Å². The van der Waals surface area contributed by atoms with Gasteiger partial charge in [-0.25, -0.2) is 13.4 Å². The fourth-order valence-corrected chi connectivity index (χ4v) is 4.89. The highest BCUT2D eigenvalue weighted by molar-refractivity contribution is 7.89. The third-order valence-corrected chi connectivity index (χ3v) is 6.49. The molecule has 0 spiro atoms. The first kappa shape index (κ1) is 18.5. The number of carbonyl (C=O) groups is 1. The summed E-state index contributed by atoms with van der Waals surface area (Å²) in [5.41, 5.74) is 1.01. The lowest BCUT2D eigenvalue weighted by atomic mass is 10.0. The topological polar surface area (TPSA) is 79.4 Å². The molecule has 0 aliphatic carbocycles. The number of hydrogen-bond donors (Lipinski definition) is 1. The highest BCUT2D eigenvalue weighted by Crippen LogP contribution is 2.27. The predicted molar refractivity (Wildman–Crippen MR) is 100 cm³/mol. The molecule has 1 atom stereocenters. The number of amides is 1. The third-order valence-electron chi connectivity index (χ3n) is 4.52. The van der Waals surface area contributed by atoms with Crippen LogP contribution in [0.2, 0.25) is 0 Å². The van der Waals surface area contributed by atoms with Gasteiger partial charge in [0.1, 0.15) is 5.82 Å². The second-order valence-electron chi connectivity index (χ2n) is 6.55. The van der Waals surface area contributed by atoms with Crippen LogP contribution in [-0.4, -0.2) is 36.2 Å². The highest BCUT2D eigenvalue weighted by atomic mass is 32.2. The Balaban J connectivity index is 1.72. The number of sulfonamides is 1. The minimum Gasteiger partial charge on any atom is -0.311 e. The molecule has 1 amide bonds. The van der Waals surface area contributed by atoms with Crippen LogP contribution in [0.25, 0.3) is 0 Å². The Morgan fingerprint density at radius 1 is 1.19 bits per heavy atom. The lowest BCUT2D eigenvalue weighted by molar-refractivity contribution is -0.117. The van der Waals surface area contributed by atoms with Gasteiger partial charge in [0.15, 0.2) is 0 Å². The van der Waals surface area contributed by atoms with Gasteiger partial charge in [0.2, 0.25) is 15.9 Å². The summed E-state index contributed by atoms with van der Waals surface area (Å²) < 4.78 is 27.4. The summed E-state index contributed by atoms with van der Waals surface area (Å²) in [6, 6.07) is 11.7. The molecule has 138 valence electrons. The lowest BCUT2D eigenvalue weighted by Gasteiger charge is -2.34. The first-order valence-corrected chi connectivity index (χ1v) is 10.2. The normalized spacial score (nSPS) is 18.4. The number of hydrogen-bond acceptors (Lipinski definition) is 4. The molecule has 3 rings (SSSR count). The molecule has 0 bridgehead atoms. The number of anilines is 1. The monoisotopic (exact) mass is 373 g/mol. The standard InChI is InChI=1S/C19H23N3O3S/c1-15-10-11-18(20-14-15)21-19(23)13-16-7-5-6-12-22(16)26(24,25)17-8-3-2-4-9-17/h2-4,8-11,14,16H,5-7,12-13H2,1H3,(H,20,21,23)/t16-/m0/s1. The summed E-state index contributed by atoms with van der Waals surface area (Å²) in [4.78, 5) is 16.8. The molecule has 1 aliphatic rings. The van der Waals surface area contributed by atoms with E-state index in [4.69, 9.17) is 0 Å². The molecule has 2 heterocycles. The Labute approximate surface area is 154 Å².